The Kier molecular flexibility index (Phi) is 3.80. The summed E-state index contributed by atoms with van der Waals surface area (Å²) in [7, 11) is 0. The molecule has 0 spiro atoms. The maximum absolute atomic E-state index is 5.81. The van der Waals surface area contributed by atoms with Crippen molar-refractivity contribution in [3.05, 3.63) is 29.3 Å². The first-order valence-corrected chi connectivity index (χ1v) is 6.01. The Morgan fingerprint density at radius 1 is 1.38 bits per heavy atom. The van der Waals surface area contributed by atoms with Crippen LogP contribution in [0, 0.1) is 0 Å². The summed E-state index contributed by atoms with van der Waals surface area (Å²) in [5.41, 5.74) is 5.55. The van der Waals surface area contributed by atoms with E-state index in [1.54, 1.807) is 0 Å². The van der Waals surface area contributed by atoms with Gasteiger partial charge in [0.25, 0.3) is 0 Å². The monoisotopic (exact) mass is 220 g/mol. The van der Waals surface area contributed by atoms with Crippen molar-refractivity contribution in [1.29, 1.82) is 0 Å². The SMILES string of the molecule is CC(COc1cccc2c1CCCC2)NN. The third kappa shape index (κ3) is 2.54. The van der Waals surface area contributed by atoms with Gasteiger partial charge < -0.3 is 4.74 Å². The van der Waals surface area contributed by atoms with Gasteiger partial charge in [0.15, 0.2) is 0 Å². The second-order valence-corrected chi connectivity index (χ2v) is 4.48. The summed E-state index contributed by atoms with van der Waals surface area (Å²) in [5, 5.41) is 0. The van der Waals surface area contributed by atoms with E-state index < -0.39 is 0 Å². The van der Waals surface area contributed by atoms with Gasteiger partial charge in [0.2, 0.25) is 0 Å². The van der Waals surface area contributed by atoms with Gasteiger partial charge in [-0.2, -0.15) is 0 Å². The Hall–Kier alpha value is -1.06. The molecule has 88 valence electrons. The van der Waals surface area contributed by atoms with Crippen LogP contribution in [0.2, 0.25) is 0 Å². The number of hydrogen-bond donors (Lipinski definition) is 2. The van der Waals surface area contributed by atoms with Crippen LogP contribution >= 0.6 is 0 Å². The normalized spacial score (nSPS) is 16.6. The number of fused-ring (bicyclic) bond motifs is 1. The Balaban J connectivity index is 2.08. The molecule has 0 fully saturated rings. The zero-order valence-corrected chi connectivity index (χ0v) is 9.83. The van der Waals surface area contributed by atoms with E-state index in [4.69, 9.17) is 10.6 Å². The zero-order valence-electron chi connectivity index (χ0n) is 9.83. The van der Waals surface area contributed by atoms with Gasteiger partial charge in [0.1, 0.15) is 12.4 Å². The number of hydrogen-bond acceptors (Lipinski definition) is 3. The van der Waals surface area contributed by atoms with Gasteiger partial charge in [-0.05, 0) is 49.8 Å². The number of aryl methyl sites for hydroxylation is 1. The average molecular weight is 220 g/mol. The van der Waals surface area contributed by atoms with E-state index in [0.717, 1.165) is 12.2 Å². The van der Waals surface area contributed by atoms with Crippen LogP contribution in [0.3, 0.4) is 0 Å². The zero-order chi connectivity index (χ0) is 11.4. The lowest BCUT2D eigenvalue weighted by Crippen LogP contribution is -2.37. The molecule has 1 aliphatic rings. The molecule has 0 bridgehead atoms. The standard InChI is InChI=1S/C13H20N2O/c1-10(15-14)9-16-13-8-4-6-11-5-2-3-7-12(11)13/h4,6,8,10,15H,2-3,5,7,9,14H2,1H3. The van der Waals surface area contributed by atoms with Crippen LogP contribution in [0.1, 0.15) is 30.9 Å². The molecular formula is C13H20N2O. The van der Waals surface area contributed by atoms with Crippen LogP contribution in [0.4, 0.5) is 0 Å². The van der Waals surface area contributed by atoms with Crippen LogP contribution in [0.5, 0.6) is 5.75 Å². The first-order valence-electron chi connectivity index (χ1n) is 6.01. The number of benzene rings is 1. The molecule has 1 aromatic rings. The average Bonchev–Trinajstić information content (AvgIpc) is 2.35. The summed E-state index contributed by atoms with van der Waals surface area (Å²) in [6.07, 6.45) is 4.92. The minimum Gasteiger partial charge on any atom is -0.492 e. The number of nitrogens with one attached hydrogen (secondary N) is 1. The molecule has 0 aromatic heterocycles. The fourth-order valence-electron chi connectivity index (χ4n) is 2.14. The lowest BCUT2D eigenvalue weighted by Gasteiger charge is -2.20. The highest BCUT2D eigenvalue weighted by Crippen LogP contribution is 2.29. The second-order valence-electron chi connectivity index (χ2n) is 4.48. The van der Waals surface area contributed by atoms with Crippen molar-refractivity contribution in [2.75, 3.05) is 6.61 Å². The van der Waals surface area contributed by atoms with Crippen molar-refractivity contribution >= 4 is 0 Å². The molecule has 0 heterocycles. The Bertz CT molecular complexity index is 352. The van der Waals surface area contributed by atoms with E-state index in [1.165, 1.54) is 30.4 Å². The fourth-order valence-corrected chi connectivity index (χ4v) is 2.14. The summed E-state index contributed by atoms with van der Waals surface area (Å²) in [4.78, 5) is 0. The topological polar surface area (TPSA) is 47.3 Å². The van der Waals surface area contributed by atoms with Crippen molar-refractivity contribution in [2.24, 2.45) is 5.84 Å². The Labute approximate surface area is 97.0 Å². The predicted octanol–water partition coefficient (Wildman–Crippen LogP) is 1.80. The second kappa shape index (κ2) is 5.32. The van der Waals surface area contributed by atoms with E-state index in [2.05, 4.69) is 23.6 Å². The van der Waals surface area contributed by atoms with Crippen LogP contribution in [0.25, 0.3) is 0 Å². The van der Waals surface area contributed by atoms with Crippen molar-refractivity contribution in [3.8, 4) is 5.75 Å². The molecule has 1 unspecified atom stereocenters. The molecule has 2 rings (SSSR count). The molecular weight excluding hydrogens is 200 g/mol. The van der Waals surface area contributed by atoms with E-state index in [0.29, 0.717) is 6.61 Å². The van der Waals surface area contributed by atoms with Gasteiger partial charge in [-0.15, -0.1) is 0 Å². The van der Waals surface area contributed by atoms with Gasteiger partial charge in [-0.3, -0.25) is 11.3 Å². The minimum atomic E-state index is 0.180. The van der Waals surface area contributed by atoms with Gasteiger partial charge in [0, 0.05) is 0 Å². The molecule has 3 heteroatoms. The first kappa shape index (κ1) is 11.4. The molecule has 1 aliphatic carbocycles. The molecule has 0 saturated heterocycles. The molecule has 16 heavy (non-hydrogen) atoms. The molecule has 0 radical (unpaired) electrons. The highest BCUT2D eigenvalue weighted by atomic mass is 16.5. The number of ether oxygens (including phenoxy) is 1. The molecule has 1 aromatic carbocycles. The summed E-state index contributed by atoms with van der Waals surface area (Å²) < 4.78 is 5.81. The maximum Gasteiger partial charge on any atom is 0.122 e. The van der Waals surface area contributed by atoms with Crippen LogP contribution in [0.15, 0.2) is 18.2 Å². The van der Waals surface area contributed by atoms with Gasteiger partial charge >= 0.3 is 0 Å². The largest absolute Gasteiger partial charge is 0.492 e. The third-order valence-electron chi connectivity index (χ3n) is 3.13. The highest BCUT2D eigenvalue weighted by Gasteiger charge is 2.14. The lowest BCUT2D eigenvalue weighted by molar-refractivity contribution is 0.271. The van der Waals surface area contributed by atoms with Crippen LogP contribution in [-0.4, -0.2) is 12.6 Å². The van der Waals surface area contributed by atoms with Gasteiger partial charge in [0.05, 0.1) is 6.04 Å². The van der Waals surface area contributed by atoms with Crippen molar-refractivity contribution in [1.82, 2.24) is 5.43 Å². The van der Waals surface area contributed by atoms with Crippen LogP contribution < -0.4 is 16.0 Å². The molecule has 3 N–H and O–H groups in total. The maximum atomic E-state index is 5.81. The summed E-state index contributed by atoms with van der Waals surface area (Å²) >= 11 is 0. The number of rotatable bonds is 4. The van der Waals surface area contributed by atoms with Crippen molar-refractivity contribution in [3.63, 3.8) is 0 Å². The molecule has 1 atom stereocenters. The third-order valence-corrected chi connectivity index (χ3v) is 3.13. The van der Waals surface area contributed by atoms with Crippen LogP contribution in [-0.2, 0) is 12.8 Å². The van der Waals surface area contributed by atoms with Crippen molar-refractivity contribution < 1.29 is 4.74 Å². The molecule has 0 aliphatic heterocycles. The number of nitrogens with two attached hydrogens (primary N) is 1. The van der Waals surface area contributed by atoms with Gasteiger partial charge in [-0.25, -0.2) is 0 Å². The fraction of sp³-hybridized carbons (Fsp3) is 0.538. The lowest BCUT2D eigenvalue weighted by atomic mass is 9.91. The smallest absolute Gasteiger partial charge is 0.122 e. The molecule has 3 nitrogen and oxygen atoms in total. The highest BCUT2D eigenvalue weighted by molar-refractivity contribution is 5.41. The summed E-state index contributed by atoms with van der Waals surface area (Å²) in [6.45, 7) is 2.63. The molecule has 0 saturated carbocycles. The minimum absolute atomic E-state index is 0.180. The van der Waals surface area contributed by atoms with Gasteiger partial charge in [-0.1, -0.05) is 12.1 Å². The quantitative estimate of drug-likeness (QED) is 0.601. The van der Waals surface area contributed by atoms with Crippen molar-refractivity contribution in [2.45, 2.75) is 38.6 Å². The summed E-state index contributed by atoms with van der Waals surface area (Å²) in [5.74, 6) is 6.39. The Morgan fingerprint density at radius 2 is 2.19 bits per heavy atom. The first-order chi connectivity index (χ1) is 7.81. The molecule has 0 amide bonds. The van der Waals surface area contributed by atoms with E-state index >= 15 is 0 Å². The predicted molar refractivity (Wildman–Crippen MR) is 65.4 cm³/mol. The van der Waals surface area contributed by atoms with E-state index in [-0.39, 0.29) is 6.04 Å². The summed E-state index contributed by atoms with van der Waals surface area (Å²) in [6, 6.07) is 6.54. The Morgan fingerprint density at radius 3 is 3.00 bits per heavy atom. The van der Waals surface area contributed by atoms with E-state index in [1.807, 2.05) is 6.92 Å². The number of hydrazine groups is 1. The van der Waals surface area contributed by atoms with E-state index in [9.17, 15) is 0 Å².